The van der Waals surface area contributed by atoms with Crippen molar-refractivity contribution in [3.8, 4) is 0 Å². The summed E-state index contributed by atoms with van der Waals surface area (Å²) in [7, 11) is 1.75. The maximum atomic E-state index is 5.91. The fourth-order valence-electron chi connectivity index (χ4n) is 2.36. The van der Waals surface area contributed by atoms with Gasteiger partial charge in [0.05, 0.1) is 13.6 Å². The van der Waals surface area contributed by atoms with Crippen molar-refractivity contribution in [2.75, 3.05) is 0 Å². The first-order valence-corrected chi connectivity index (χ1v) is 6.54. The first kappa shape index (κ1) is 12.7. The molecule has 3 aromatic heterocycles. The van der Waals surface area contributed by atoms with Gasteiger partial charge in [-0.3, -0.25) is 0 Å². The van der Waals surface area contributed by atoms with Crippen LogP contribution in [0.3, 0.4) is 0 Å². The predicted octanol–water partition coefficient (Wildman–Crippen LogP) is 0.498. The number of fused-ring (bicyclic) bond motifs is 1. The van der Waals surface area contributed by atoms with E-state index >= 15 is 0 Å². The van der Waals surface area contributed by atoms with E-state index in [-0.39, 0.29) is 6.04 Å². The number of hydrogen-bond donors (Lipinski definition) is 1. The second-order valence-corrected chi connectivity index (χ2v) is 5.03. The number of rotatable bonds is 4. The molecule has 7 nitrogen and oxygen atoms in total. The van der Waals surface area contributed by atoms with Gasteiger partial charge in [-0.1, -0.05) is 0 Å². The summed E-state index contributed by atoms with van der Waals surface area (Å²) in [4.78, 5) is 5.91. The van der Waals surface area contributed by atoms with Gasteiger partial charge < -0.3 is 10.3 Å². The van der Waals surface area contributed by atoms with Crippen LogP contribution in [0.25, 0.3) is 11.0 Å². The Balaban J connectivity index is 2.02. The van der Waals surface area contributed by atoms with Crippen LogP contribution >= 0.6 is 0 Å². The largest absolute Gasteiger partial charge is 0.328 e. The van der Waals surface area contributed by atoms with E-state index in [0.29, 0.717) is 12.4 Å². The molecule has 104 valence electrons. The molecule has 0 amide bonds. The maximum Gasteiger partial charge on any atom is 0.194 e. The van der Waals surface area contributed by atoms with Gasteiger partial charge in [0.15, 0.2) is 5.82 Å². The number of aromatic nitrogens is 6. The number of pyridine rings is 1. The fourth-order valence-corrected chi connectivity index (χ4v) is 2.36. The van der Waals surface area contributed by atoms with Crippen molar-refractivity contribution in [3.05, 3.63) is 35.9 Å². The molecule has 3 aromatic rings. The van der Waals surface area contributed by atoms with Gasteiger partial charge in [0.2, 0.25) is 0 Å². The molecule has 2 N–H and O–H groups in total. The van der Waals surface area contributed by atoms with Gasteiger partial charge in [0.1, 0.15) is 5.65 Å². The Morgan fingerprint density at radius 2 is 2.25 bits per heavy atom. The molecule has 3 rings (SSSR count). The zero-order valence-corrected chi connectivity index (χ0v) is 11.6. The average Bonchev–Trinajstić information content (AvgIpc) is 2.95. The number of nitrogens with zero attached hydrogens (tertiary/aromatic N) is 6. The summed E-state index contributed by atoms with van der Waals surface area (Å²) >= 11 is 0. The summed E-state index contributed by atoms with van der Waals surface area (Å²) in [5.41, 5.74) is 8.04. The third kappa shape index (κ3) is 2.39. The van der Waals surface area contributed by atoms with Gasteiger partial charge in [-0.15, -0.1) is 10.2 Å². The van der Waals surface area contributed by atoms with Crippen LogP contribution in [0.15, 0.2) is 24.5 Å². The van der Waals surface area contributed by atoms with Gasteiger partial charge >= 0.3 is 0 Å². The molecule has 0 aromatic carbocycles. The summed E-state index contributed by atoms with van der Waals surface area (Å²) in [5, 5.41) is 13.2. The Kier molecular flexibility index (Phi) is 3.19. The van der Waals surface area contributed by atoms with Crippen LogP contribution in [0, 0.1) is 0 Å². The van der Waals surface area contributed by atoms with Crippen molar-refractivity contribution in [1.82, 2.24) is 29.8 Å². The van der Waals surface area contributed by atoms with E-state index in [4.69, 9.17) is 5.73 Å². The van der Waals surface area contributed by atoms with Crippen LogP contribution in [0.5, 0.6) is 0 Å². The quantitative estimate of drug-likeness (QED) is 0.746. The Bertz CT molecular complexity index is 725. The number of hydrogen-bond acceptors (Lipinski definition) is 5. The molecule has 7 heteroatoms. The third-order valence-electron chi connectivity index (χ3n) is 3.12. The lowest BCUT2D eigenvalue weighted by atomic mass is 10.1. The maximum absolute atomic E-state index is 5.91. The molecule has 1 unspecified atom stereocenters. The first-order valence-electron chi connectivity index (χ1n) is 6.54. The average molecular weight is 271 g/mol. The molecule has 0 radical (unpaired) electrons. The lowest BCUT2D eigenvalue weighted by Crippen LogP contribution is -2.17. The zero-order valence-electron chi connectivity index (χ0n) is 11.6. The Hall–Kier alpha value is -2.28. The smallest absolute Gasteiger partial charge is 0.194 e. The summed E-state index contributed by atoms with van der Waals surface area (Å²) in [6.45, 7) is 2.56. The molecule has 20 heavy (non-hydrogen) atoms. The molecule has 0 aliphatic carbocycles. The highest BCUT2D eigenvalue weighted by Crippen LogP contribution is 2.21. The molecular weight excluding hydrogens is 254 g/mol. The van der Waals surface area contributed by atoms with Gasteiger partial charge in [-0.05, 0) is 36.3 Å². The summed E-state index contributed by atoms with van der Waals surface area (Å²) in [6, 6.07) is 4.13. The third-order valence-corrected chi connectivity index (χ3v) is 3.12. The molecule has 0 saturated carbocycles. The predicted molar refractivity (Wildman–Crippen MR) is 75.0 cm³/mol. The van der Waals surface area contributed by atoms with Crippen molar-refractivity contribution < 1.29 is 0 Å². The summed E-state index contributed by atoms with van der Waals surface area (Å²) in [6.07, 6.45) is 4.69. The molecule has 0 bridgehead atoms. The van der Waals surface area contributed by atoms with Gasteiger partial charge in [0, 0.05) is 23.8 Å². The lowest BCUT2D eigenvalue weighted by molar-refractivity contribution is 0.625. The first-order chi connectivity index (χ1) is 9.63. The lowest BCUT2D eigenvalue weighted by Gasteiger charge is -2.02. The number of tetrazole rings is 1. The Morgan fingerprint density at radius 3 is 2.95 bits per heavy atom. The minimum atomic E-state index is 0.115. The van der Waals surface area contributed by atoms with Crippen molar-refractivity contribution in [3.63, 3.8) is 0 Å². The van der Waals surface area contributed by atoms with Crippen molar-refractivity contribution >= 4 is 11.0 Å². The van der Waals surface area contributed by atoms with Crippen LogP contribution in [0.2, 0.25) is 0 Å². The van der Waals surface area contributed by atoms with E-state index in [1.165, 1.54) is 10.4 Å². The van der Waals surface area contributed by atoms with Crippen LogP contribution in [0.4, 0.5) is 0 Å². The van der Waals surface area contributed by atoms with Crippen LogP contribution in [-0.2, 0) is 20.0 Å². The molecule has 0 fully saturated rings. The van der Waals surface area contributed by atoms with Gasteiger partial charge in [-0.2, -0.15) is 4.80 Å². The standard InChI is InChI=1S/C13H17N7/c1-9(14)6-10-7-20(8-12-16-18-19(2)17-12)13-11(10)4-3-5-15-13/h3-5,7,9H,6,8,14H2,1-2H3. The van der Waals surface area contributed by atoms with E-state index < -0.39 is 0 Å². The fraction of sp³-hybridized carbons (Fsp3) is 0.385. The normalized spacial score (nSPS) is 12.9. The van der Waals surface area contributed by atoms with Crippen LogP contribution in [0.1, 0.15) is 18.3 Å². The second kappa shape index (κ2) is 5.01. The minimum Gasteiger partial charge on any atom is -0.328 e. The van der Waals surface area contributed by atoms with E-state index in [1.807, 2.05) is 17.6 Å². The number of nitrogens with two attached hydrogens (primary N) is 1. The molecule has 0 spiro atoms. The summed E-state index contributed by atoms with van der Waals surface area (Å²) in [5.74, 6) is 0.669. The van der Waals surface area contributed by atoms with Crippen LogP contribution in [-0.4, -0.2) is 35.8 Å². The van der Waals surface area contributed by atoms with Crippen molar-refractivity contribution in [1.29, 1.82) is 0 Å². The SMILES string of the molecule is CC(N)Cc1cn(Cc2nnn(C)n2)c2ncccc12. The Labute approximate surface area is 116 Å². The molecule has 0 aliphatic heterocycles. The molecular formula is C13H17N7. The van der Waals surface area contributed by atoms with Crippen molar-refractivity contribution in [2.24, 2.45) is 12.8 Å². The molecule has 1 atom stereocenters. The minimum absolute atomic E-state index is 0.115. The number of aryl methyl sites for hydroxylation is 1. The van der Waals surface area contributed by atoms with E-state index in [9.17, 15) is 0 Å². The molecule has 0 saturated heterocycles. The van der Waals surface area contributed by atoms with Crippen LogP contribution < -0.4 is 5.73 Å². The van der Waals surface area contributed by atoms with E-state index in [1.54, 1.807) is 13.2 Å². The zero-order chi connectivity index (χ0) is 14.1. The van der Waals surface area contributed by atoms with Crippen molar-refractivity contribution in [2.45, 2.75) is 25.9 Å². The summed E-state index contributed by atoms with van der Waals surface area (Å²) < 4.78 is 2.05. The second-order valence-electron chi connectivity index (χ2n) is 5.03. The van der Waals surface area contributed by atoms with E-state index in [0.717, 1.165) is 17.5 Å². The monoisotopic (exact) mass is 271 g/mol. The topological polar surface area (TPSA) is 87.4 Å². The molecule has 0 aliphatic rings. The van der Waals surface area contributed by atoms with E-state index in [2.05, 4.69) is 32.7 Å². The highest BCUT2D eigenvalue weighted by atomic mass is 15.6. The van der Waals surface area contributed by atoms with Gasteiger partial charge in [-0.25, -0.2) is 4.98 Å². The Morgan fingerprint density at radius 1 is 1.40 bits per heavy atom. The van der Waals surface area contributed by atoms with Gasteiger partial charge in [0.25, 0.3) is 0 Å². The highest BCUT2D eigenvalue weighted by molar-refractivity contribution is 5.80. The highest BCUT2D eigenvalue weighted by Gasteiger charge is 2.12. The molecule has 3 heterocycles.